The van der Waals surface area contributed by atoms with Gasteiger partial charge in [0.2, 0.25) is 0 Å². The molecule has 0 N–H and O–H groups in total. The Kier molecular flexibility index (Phi) is 6.47. The maximum atomic E-state index is 6.12. The predicted molar refractivity (Wildman–Crippen MR) is 183 cm³/mol. The number of furan rings is 1. The Balaban J connectivity index is 1.28. The molecule has 0 saturated heterocycles. The Morgan fingerprint density at radius 1 is 0.432 bits per heavy atom. The van der Waals surface area contributed by atoms with Gasteiger partial charge in [-0.15, -0.1) is 0 Å². The van der Waals surface area contributed by atoms with Crippen LogP contribution in [0.1, 0.15) is 0 Å². The third-order valence-corrected chi connectivity index (χ3v) is 8.20. The maximum Gasteiger partial charge on any atom is 0.153 e. The molecule has 0 fully saturated rings. The molecule has 208 valence electrons. The lowest BCUT2D eigenvalue weighted by Gasteiger charge is -2.28. The minimum absolute atomic E-state index is 0.789. The van der Waals surface area contributed by atoms with E-state index in [9.17, 15) is 0 Å². The van der Waals surface area contributed by atoms with Gasteiger partial charge in [0.1, 0.15) is 5.58 Å². The van der Waals surface area contributed by atoms with Crippen molar-refractivity contribution in [3.63, 3.8) is 0 Å². The molecule has 2 heterocycles. The third kappa shape index (κ3) is 4.71. The summed E-state index contributed by atoms with van der Waals surface area (Å²) in [5, 5.41) is 2.12. The van der Waals surface area contributed by atoms with Crippen LogP contribution in [0.5, 0.6) is 0 Å². The number of benzene rings is 6. The molecular weight excluding hydrogens is 536 g/mol. The van der Waals surface area contributed by atoms with Crippen LogP contribution in [0.2, 0.25) is 0 Å². The summed E-state index contributed by atoms with van der Waals surface area (Å²) < 4.78 is 6.12. The molecule has 0 bridgehead atoms. The Hall–Kier alpha value is -5.93. The molecule has 3 heteroatoms. The van der Waals surface area contributed by atoms with E-state index < -0.39 is 0 Å². The van der Waals surface area contributed by atoms with Crippen molar-refractivity contribution in [2.24, 2.45) is 0 Å². The van der Waals surface area contributed by atoms with E-state index in [1.54, 1.807) is 6.20 Å². The average molecular weight is 565 g/mol. The van der Waals surface area contributed by atoms with Gasteiger partial charge in [0, 0.05) is 33.9 Å². The number of nitrogens with zero attached hydrogens (tertiary/aromatic N) is 2. The number of aromatic nitrogens is 1. The maximum absolute atomic E-state index is 6.12. The fourth-order valence-corrected chi connectivity index (χ4v) is 6.01. The fourth-order valence-electron chi connectivity index (χ4n) is 6.01. The van der Waals surface area contributed by atoms with Crippen LogP contribution < -0.4 is 4.90 Å². The van der Waals surface area contributed by atoms with Crippen LogP contribution in [-0.4, -0.2) is 4.98 Å². The molecule has 0 saturated carbocycles. The van der Waals surface area contributed by atoms with Gasteiger partial charge in [0.15, 0.2) is 5.58 Å². The second-order valence-corrected chi connectivity index (χ2v) is 10.9. The van der Waals surface area contributed by atoms with Gasteiger partial charge >= 0.3 is 0 Å². The molecule has 6 aromatic carbocycles. The van der Waals surface area contributed by atoms with Crippen molar-refractivity contribution in [3.05, 3.63) is 170 Å². The van der Waals surface area contributed by atoms with Crippen molar-refractivity contribution in [2.45, 2.75) is 0 Å². The molecule has 0 radical (unpaired) electrons. The van der Waals surface area contributed by atoms with E-state index in [1.807, 2.05) is 12.3 Å². The zero-order chi connectivity index (χ0) is 29.3. The molecule has 0 spiro atoms. The van der Waals surface area contributed by atoms with Gasteiger partial charge in [-0.2, -0.15) is 0 Å². The highest BCUT2D eigenvalue weighted by Crippen LogP contribution is 2.43. The molecule has 0 aliphatic rings. The number of pyridine rings is 1. The van der Waals surface area contributed by atoms with Crippen LogP contribution in [-0.2, 0) is 0 Å². The van der Waals surface area contributed by atoms with Crippen molar-refractivity contribution in [1.82, 2.24) is 4.98 Å². The summed E-state index contributed by atoms with van der Waals surface area (Å²) in [6.07, 6.45) is 3.60. The molecule has 0 aliphatic heterocycles. The highest BCUT2D eigenvalue weighted by molar-refractivity contribution is 6.06. The molecule has 8 rings (SSSR count). The minimum Gasteiger partial charge on any atom is -0.454 e. The number of para-hydroxylation sites is 1. The van der Waals surface area contributed by atoms with Crippen molar-refractivity contribution in [2.75, 3.05) is 4.90 Å². The van der Waals surface area contributed by atoms with Crippen molar-refractivity contribution in [1.29, 1.82) is 0 Å². The predicted octanol–water partition coefficient (Wildman–Crippen LogP) is 11.5. The normalized spacial score (nSPS) is 11.2. The number of anilines is 3. The summed E-state index contributed by atoms with van der Waals surface area (Å²) in [6, 6.07) is 55.7. The summed E-state index contributed by atoms with van der Waals surface area (Å²) in [4.78, 5) is 6.60. The van der Waals surface area contributed by atoms with Crippen LogP contribution in [0.15, 0.2) is 175 Å². The van der Waals surface area contributed by atoms with Crippen molar-refractivity contribution < 1.29 is 4.42 Å². The van der Waals surface area contributed by atoms with Crippen LogP contribution in [0.25, 0.3) is 55.3 Å². The van der Waals surface area contributed by atoms with Gasteiger partial charge in [0.05, 0.1) is 11.9 Å². The van der Waals surface area contributed by atoms with Gasteiger partial charge in [-0.25, -0.2) is 0 Å². The van der Waals surface area contributed by atoms with E-state index in [0.717, 1.165) is 50.1 Å². The Bertz CT molecular complexity index is 2200. The zero-order valence-electron chi connectivity index (χ0n) is 24.0. The molecule has 0 atom stereocenters. The number of hydrogen-bond acceptors (Lipinski definition) is 3. The lowest BCUT2D eigenvalue weighted by atomic mass is 9.98. The van der Waals surface area contributed by atoms with Gasteiger partial charge in [0.25, 0.3) is 0 Å². The topological polar surface area (TPSA) is 29.3 Å². The second kappa shape index (κ2) is 11.0. The van der Waals surface area contributed by atoms with Gasteiger partial charge < -0.3 is 9.32 Å². The van der Waals surface area contributed by atoms with E-state index in [1.165, 1.54) is 22.3 Å². The highest BCUT2D eigenvalue weighted by Gasteiger charge is 2.19. The first kappa shape index (κ1) is 25.8. The average Bonchev–Trinajstić information content (AvgIpc) is 3.48. The van der Waals surface area contributed by atoms with Crippen LogP contribution in [0, 0.1) is 0 Å². The number of rotatable bonds is 6. The molecule has 3 nitrogen and oxygen atoms in total. The van der Waals surface area contributed by atoms with Crippen LogP contribution in [0.3, 0.4) is 0 Å². The standard InChI is InChI=1S/C41H28N2O/c1-3-9-29(10-4-1)31-15-17-33(18-16-31)36-13-7-8-14-39(36)43(34-21-19-32(20-22-34)30-11-5-2-6-12-30)35-23-24-40-38(27-35)37-25-26-42-28-41(37)44-40/h1-28H. The number of fused-ring (bicyclic) bond motifs is 3. The molecule has 0 unspecified atom stereocenters. The lowest BCUT2D eigenvalue weighted by Crippen LogP contribution is -2.11. The van der Waals surface area contributed by atoms with E-state index >= 15 is 0 Å². The van der Waals surface area contributed by atoms with Gasteiger partial charge in [-0.05, 0) is 70.3 Å². The fraction of sp³-hybridized carbons (Fsp3) is 0. The largest absolute Gasteiger partial charge is 0.454 e. The molecule has 44 heavy (non-hydrogen) atoms. The van der Waals surface area contributed by atoms with Crippen molar-refractivity contribution >= 4 is 39.0 Å². The summed E-state index contributed by atoms with van der Waals surface area (Å²) >= 11 is 0. The Morgan fingerprint density at radius 2 is 1.00 bits per heavy atom. The van der Waals surface area contributed by atoms with E-state index in [4.69, 9.17) is 4.42 Å². The first-order chi connectivity index (χ1) is 21.8. The summed E-state index contributed by atoms with van der Waals surface area (Å²) in [6.45, 7) is 0. The molecule has 8 aromatic rings. The smallest absolute Gasteiger partial charge is 0.153 e. The van der Waals surface area contributed by atoms with Gasteiger partial charge in [-0.1, -0.05) is 115 Å². The Labute approximate surface area is 256 Å². The minimum atomic E-state index is 0.789. The molecule has 0 aliphatic carbocycles. The van der Waals surface area contributed by atoms with Crippen molar-refractivity contribution in [3.8, 4) is 33.4 Å². The molecular formula is C41H28N2O. The van der Waals surface area contributed by atoms with Crippen LogP contribution >= 0.6 is 0 Å². The zero-order valence-corrected chi connectivity index (χ0v) is 24.0. The van der Waals surface area contributed by atoms with E-state index in [0.29, 0.717) is 0 Å². The third-order valence-electron chi connectivity index (χ3n) is 8.20. The van der Waals surface area contributed by atoms with E-state index in [2.05, 4.69) is 162 Å². The second-order valence-electron chi connectivity index (χ2n) is 10.9. The monoisotopic (exact) mass is 564 g/mol. The Morgan fingerprint density at radius 3 is 1.70 bits per heavy atom. The quantitative estimate of drug-likeness (QED) is 0.201. The van der Waals surface area contributed by atoms with E-state index in [-0.39, 0.29) is 0 Å². The van der Waals surface area contributed by atoms with Gasteiger partial charge in [-0.3, -0.25) is 4.98 Å². The van der Waals surface area contributed by atoms with Crippen LogP contribution in [0.4, 0.5) is 17.1 Å². The number of hydrogen-bond donors (Lipinski definition) is 0. The summed E-state index contributed by atoms with van der Waals surface area (Å²) in [5.41, 5.74) is 12.0. The molecule has 0 amide bonds. The SMILES string of the molecule is c1ccc(-c2ccc(-c3ccccc3N(c3ccc(-c4ccccc4)cc3)c3ccc4oc5cnccc5c4c3)cc2)cc1. The summed E-state index contributed by atoms with van der Waals surface area (Å²) in [5.74, 6) is 0. The first-order valence-corrected chi connectivity index (χ1v) is 14.8. The highest BCUT2D eigenvalue weighted by atomic mass is 16.3. The first-order valence-electron chi connectivity index (χ1n) is 14.8. The lowest BCUT2D eigenvalue weighted by molar-refractivity contribution is 0.667. The molecule has 2 aromatic heterocycles. The summed E-state index contributed by atoms with van der Waals surface area (Å²) in [7, 11) is 0.